The lowest BCUT2D eigenvalue weighted by Gasteiger charge is -2.08. The molecule has 0 atom stereocenters. The van der Waals surface area contributed by atoms with Crippen LogP contribution in [-0.4, -0.2) is 17.5 Å². The molecule has 0 aliphatic rings. The largest absolute Gasteiger partial charge is 0.338 e. The van der Waals surface area contributed by atoms with Crippen LogP contribution in [0.4, 0.5) is 16.2 Å². The maximum Gasteiger partial charge on any atom is 0.319 e. The molecule has 7 heteroatoms. The highest BCUT2D eigenvalue weighted by Gasteiger charge is 2.14. The second kappa shape index (κ2) is 7.56. The molecule has 0 unspecified atom stereocenters. The zero-order valence-corrected chi connectivity index (χ0v) is 13.2. The van der Waals surface area contributed by atoms with Crippen LogP contribution in [0.3, 0.4) is 0 Å². The van der Waals surface area contributed by atoms with Crippen molar-refractivity contribution in [2.75, 3.05) is 11.9 Å². The first-order valence-corrected chi connectivity index (χ1v) is 7.39. The van der Waals surface area contributed by atoms with Crippen molar-refractivity contribution in [3.8, 4) is 0 Å². The number of halogens is 1. The van der Waals surface area contributed by atoms with Crippen molar-refractivity contribution in [3.05, 3.63) is 68.7 Å². The van der Waals surface area contributed by atoms with E-state index in [1.165, 1.54) is 12.1 Å². The Morgan fingerprint density at radius 2 is 1.82 bits per heavy atom. The van der Waals surface area contributed by atoms with Crippen LogP contribution in [0.1, 0.15) is 5.56 Å². The molecule has 0 radical (unpaired) electrons. The lowest BCUT2D eigenvalue weighted by Crippen LogP contribution is -2.30. The molecule has 0 heterocycles. The monoisotopic (exact) mass is 363 g/mol. The van der Waals surface area contributed by atoms with Crippen LogP contribution < -0.4 is 10.6 Å². The molecular formula is C15H14BrN3O3. The molecular weight excluding hydrogens is 350 g/mol. The van der Waals surface area contributed by atoms with Gasteiger partial charge in [0, 0.05) is 17.1 Å². The van der Waals surface area contributed by atoms with E-state index in [1.807, 2.05) is 24.3 Å². The van der Waals surface area contributed by atoms with Crippen LogP contribution in [0.15, 0.2) is 53.0 Å². The van der Waals surface area contributed by atoms with Gasteiger partial charge in [-0.25, -0.2) is 4.79 Å². The molecule has 0 aliphatic carbocycles. The number of nitrogens with one attached hydrogen (secondary N) is 2. The summed E-state index contributed by atoms with van der Waals surface area (Å²) in [5.41, 5.74) is 1.11. The molecule has 22 heavy (non-hydrogen) atoms. The maximum absolute atomic E-state index is 11.8. The smallest absolute Gasteiger partial charge is 0.319 e. The number of rotatable bonds is 5. The van der Waals surface area contributed by atoms with Gasteiger partial charge in [0.25, 0.3) is 5.69 Å². The first-order valence-electron chi connectivity index (χ1n) is 6.59. The van der Waals surface area contributed by atoms with E-state index in [2.05, 4.69) is 26.6 Å². The fraction of sp³-hybridized carbons (Fsp3) is 0.133. The highest BCUT2D eigenvalue weighted by Crippen LogP contribution is 2.22. The van der Waals surface area contributed by atoms with Gasteiger partial charge < -0.3 is 10.6 Å². The zero-order valence-electron chi connectivity index (χ0n) is 11.6. The van der Waals surface area contributed by atoms with Crippen LogP contribution in [0.2, 0.25) is 0 Å². The summed E-state index contributed by atoms with van der Waals surface area (Å²) in [7, 11) is 0. The summed E-state index contributed by atoms with van der Waals surface area (Å²) in [6.07, 6.45) is 0.658. The Morgan fingerprint density at radius 1 is 1.14 bits per heavy atom. The SMILES string of the molecule is O=C(NCCc1ccccc1Br)Nc1ccccc1[N+](=O)[O-]. The number of carbonyl (C=O) groups is 1. The van der Waals surface area contributed by atoms with Gasteiger partial charge in [0.2, 0.25) is 0 Å². The van der Waals surface area contributed by atoms with Crippen molar-refractivity contribution in [3.63, 3.8) is 0 Å². The number of para-hydroxylation sites is 2. The molecule has 2 aromatic rings. The summed E-state index contributed by atoms with van der Waals surface area (Å²) in [5.74, 6) is 0. The number of nitro groups is 1. The fourth-order valence-corrected chi connectivity index (χ4v) is 2.40. The highest BCUT2D eigenvalue weighted by atomic mass is 79.9. The van der Waals surface area contributed by atoms with E-state index in [1.54, 1.807) is 12.1 Å². The van der Waals surface area contributed by atoms with Gasteiger partial charge in [-0.3, -0.25) is 10.1 Å². The molecule has 0 fully saturated rings. The Hall–Kier alpha value is -2.41. The number of nitrogens with zero attached hydrogens (tertiary/aromatic N) is 1. The third-order valence-electron chi connectivity index (χ3n) is 2.99. The Kier molecular flexibility index (Phi) is 5.48. The number of benzene rings is 2. The van der Waals surface area contributed by atoms with E-state index >= 15 is 0 Å². The van der Waals surface area contributed by atoms with Crippen LogP contribution in [-0.2, 0) is 6.42 Å². The molecule has 2 N–H and O–H groups in total. The van der Waals surface area contributed by atoms with E-state index in [0.29, 0.717) is 13.0 Å². The molecule has 2 aromatic carbocycles. The Labute approximate surface area is 135 Å². The van der Waals surface area contributed by atoms with Crippen molar-refractivity contribution in [2.45, 2.75) is 6.42 Å². The lowest BCUT2D eigenvalue weighted by molar-refractivity contribution is -0.383. The molecule has 0 saturated carbocycles. The Morgan fingerprint density at radius 3 is 2.55 bits per heavy atom. The molecule has 0 aromatic heterocycles. The van der Waals surface area contributed by atoms with Gasteiger partial charge in [0.15, 0.2) is 0 Å². The van der Waals surface area contributed by atoms with E-state index < -0.39 is 11.0 Å². The van der Waals surface area contributed by atoms with Crippen molar-refractivity contribution in [1.29, 1.82) is 0 Å². The molecule has 0 bridgehead atoms. The van der Waals surface area contributed by atoms with Gasteiger partial charge in [-0.2, -0.15) is 0 Å². The number of hydrogen-bond donors (Lipinski definition) is 2. The number of anilines is 1. The summed E-state index contributed by atoms with van der Waals surface area (Å²) in [5, 5.41) is 16.0. The zero-order chi connectivity index (χ0) is 15.9. The number of carbonyl (C=O) groups excluding carboxylic acids is 1. The van der Waals surface area contributed by atoms with Crippen molar-refractivity contribution < 1.29 is 9.72 Å². The molecule has 114 valence electrons. The van der Waals surface area contributed by atoms with Crippen LogP contribution in [0, 0.1) is 10.1 Å². The molecule has 0 aliphatic heterocycles. The predicted molar refractivity (Wildman–Crippen MR) is 88.0 cm³/mol. The Balaban J connectivity index is 1.89. The normalized spacial score (nSPS) is 10.0. The van der Waals surface area contributed by atoms with E-state index in [-0.39, 0.29) is 11.4 Å². The van der Waals surface area contributed by atoms with E-state index in [4.69, 9.17) is 0 Å². The van der Waals surface area contributed by atoms with Gasteiger partial charge >= 0.3 is 6.03 Å². The summed E-state index contributed by atoms with van der Waals surface area (Å²) in [6, 6.07) is 13.3. The maximum atomic E-state index is 11.8. The highest BCUT2D eigenvalue weighted by molar-refractivity contribution is 9.10. The second-order valence-corrected chi connectivity index (χ2v) is 5.35. The van der Waals surface area contributed by atoms with Gasteiger partial charge in [-0.05, 0) is 24.1 Å². The predicted octanol–water partition coefficient (Wildman–Crippen LogP) is 3.72. The van der Waals surface area contributed by atoms with Crippen molar-refractivity contribution in [2.24, 2.45) is 0 Å². The van der Waals surface area contributed by atoms with Crippen molar-refractivity contribution in [1.82, 2.24) is 5.32 Å². The standard InChI is InChI=1S/C15H14BrN3O3/c16-12-6-2-1-5-11(12)9-10-17-15(20)18-13-7-3-4-8-14(13)19(21)22/h1-8H,9-10H2,(H2,17,18,20). The van der Waals surface area contributed by atoms with Gasteiger partial charge in [0.05, 0.1) is 4.92 Å². The summed E-state index contributed by atoms with van der Waals surface area (Å²) < 4.78 is 0.982. The van der Waals surface area contributed by atoms with E-state index in [0.717, 1.165) is 10.0 Å². The lowest BCUT2D eigenvalue weighted by atomic mass is 10.1. The molecule has 2 rings (SSSR count). The molecule has 2 amide bonds. The summed E-state index contributed by atoms with van der Waals surface area (Å²) in [4.78, 5) is 22.1. The van der Waals surface area contributed by atoms with Gasteiger partial charge in [-0.15, -0.1) is 0 Å². The minimum absolute atomic E-state index is 0.136. The topological polar surface area (TPSA) is 84.3 Å². The quantitative estimate of drug-likeness (QED) is 0.626. The first-order chi connectivity index (χ1) is 10.6. The average Bonchev–Trinajstić information content (AvgIpc) is 2.49. The van der Waals surface area contributed by atoms with Crippen LogP contribution >= 0.6 is 15.9 Å². The summed E-state index contributed by atoms with van der Waals surface area (Å²) in [6.45, 7) is 0.426. The number of urea groups is 1. The van der Waals surface area contributed by atoms with Crippen LogP contribution in [0.5, 0.6) is 0 Å². The minimum Gasteiger partial charge on any atom is -0.338 e. The third kappa shape index (κ3) is 4.29. The van der Waals surface area contributed by atoms with Gasteiger partial charge in [-0.1, -0.05) is 46.3 Å². The van der Waals surface area contributed by atoms with Crippen LogP contribution in [0.25, 0.3) is 0 Å². The fourth-order valence-electron chi connectivity index (χ4n) is 1.92. The van der Waals surface area contributed by atoms with Gasteiger partial charge in [0.1, 0.15) is 5.69 Å². The molecule has 6 nitrogen and oxygen atoms in total. The molecule has 0 saturated heterocycles. The Bertz CT molecular complexity index is 691. The number of hydrogen-bond acceptors (Lipinski definition) is 3. The first kappa shape index (κ1) is 16.0. The number of amides is 2. The minimum atomic E-state index is -0.531. The molecule has 0 spiro atoms. The summed E-state index contributed by atoms with van der Waals surface area (Å²) >= 11 is 3.44. The van der Waals surface area contributed by atoms with E-state index in [9.17, 15) is 14.9 Å². The average molecular weight is 364 g/mol. The second-order valence-electron chi connectivity index (χ2n) is 4.50. The third-order valence-corrected chi connectivity index (χ3v) is 3.76. The number of nitro benzene ring substituents is 1. The van der Waals surface area contributed by atoms with Crippen molar-refractivity contribution >= 4 is 33.3 Å².